The molecule has 2 N–H and O–H groups in total. The average Bonchev–Trinajstić information content (AvgIpc) is 3.22. The molecular weight excluding hydrogens is 294 g/mol. The molecule has 4 heterocycles. The van der Waals surface area contributed by atoms with Gasteiger partial charge in [-0.05, 0) is 12.1 Å². The first-order valence-corrected chi connectivity index (χ1v) is 7.12. The van der Waals surface area contributed by atoms with Crippen LogP contribution in [-0.4, -0.2) is 25.0 Å². The highest BCUT2D eigenvalue weighted by molar-refractivity contribution is 6.14. The van der Waals surface area contributed by atoms with Crippen LogP contribution in [0, 0.1) is 0 Å². The summed E-state index contributed by atoms with van der Waals surface area (Å²) in [5, 5.41) is 12.0. The Labute approximate surface area is 128 Å². The summed E-state index contributed by atoms with van der Waals surface area (Å²) in [6.07, 6.45) is 5.55. The molecule has 7 nitrogen and oxygen atoms in total. The van der Waals surface area contributed by atoms with Crippen molar-refractivity contribution in [2.75, 3.05) is 0 Å². The number of furan rings is 1. The van der Waals surface area contributed by atoms with Crippen molar-refractivity contribution in [3.8, 4) is 11.1 Å². The molecule has 0 unspecified atom stereocenters. The van der Waals surface area contributed by atoms with E-state index in [9.17, 15) is 4.79 Å². The highest BCUT2D eigenvalue weighted by Crippen LogP contribution is 2.38. The second-order valence-electron chi connectivity index (χ2n) is 5.50. The maximum atomic E-state index is 11.6. The molecule has 0 saturated carbocycles. The lowest BCUT2D eigenvalue weighted by molar-refractivity contribution is 0.669. The van der Waals surface area contributed by atoms with Crippen molar-refractivity contribution in [3.05, 3.63) is 47.0 Å². The summed E-state index contributed by atoms with van der Waals surface area (Å²) in [5.74, 6) is 0. The van der Waals surface area contributed by atoms with Crippen LogP contribution in [0.5, 0.6) is 0 Å². The highest BCUT2D eigenvalue weighted by Gasteiger charge is 2.19. The Morgan fingerprint density at radius 1 is 1.26 bits per heavy atom. The second-order valence-corrected chi connectivity index (χ2v) is 5.50. The molecule has 0 aliphatic rings. The number of fused-ring (bicyclic) bond motifs is 4. The quantitative estimate of drug-likeness (QED) is 0.498. The molecule has 23 heavy (non-hydrogen) atoms. The summed E-state index contributed by atoms with van der Waals surface area (Å²) in [5.41, 5.74) is 4.39. The number of nitrogens with one attached hydrogen (secondary N) is 2. The van der Waals surface area contributed by atoms with E-state index in [1.165, 1.54) is 12.1 Å². The third-order valence-electron chi connectivity index (χ3n) is 4.01. The van der Waals surface area contributed by atoms with Crippen molar-refractivity contribution < 1.29 is 4.42 Å². The molecule has 0 spiro atoms. The number of pyridine rings is 1. The van der Waals surface area contributed by atoms with Gasteiger partial charge in [0.15, 0.2) is 16.7 Å². The van der Waals surface area contributed by atoms with Gasteiger partial charge in [-0.1, -0.05) is 0 Å². The number of rotatable bonds is 1. The third-order valence-corrected chi connectivity index (χ3v) is 4.01. The van der Waals surface area contributed by atoms with Crippen molar-refractivity contribution in [3.63, 3.8) is 0 Å². The van der Waals surface area contributed by atoms with Gasteiger partial charge in [0, 0.05) is 47.4 Å². The van der Waals surface area contributed by atoms with Crippen molar-refractivity contribution in [1.29, 1.82) is 0 Å². The Morgan fingerprint density at radius 2 is 2.17 bits per heavy atom. The number of hydrogen-bond donors (Lipinski definition) is 2. The van der Waals surface area contributed by atoms with Crippen LogP contribution in [0.1, 0.15) is 0 Å². The van der Waals surface area contributed by atoms with Crippen LogP contribution in [0.4, 0.5) is 0 Å². The molecule has 0 aliphatic carbocycles. The van der Waals surface area contributed by atoms with Crippen LogP contribution in [0.15, 0.2) is 46.0 Å². The number of aromatic nitrogens is 5. The first-order chi connectivity index (χ1) is 11.2. The molecule has 5 rings (SSSR count). The Bertz CT molecular complexity index is 1250. The zero-order valence-corrected chi connectivity index (χ0v) is 12.1. The molecule has 5 aromatic rings. The minimum atomic E-state index is -0.0848. The van der Waals surface area contributed by atoms with Crippen LogP contribution >= 0.6 is 0 Å². The van der Waals surface area contributed by atoms with Gasteiger partial charge in [0.05, 0.1) is 6.20 Å². The lowest BCUT2D eigenvalue weighted by atomic mass is 10.1. The largest absolute Gasteiger partial charge is 0.454 e. The van der Waals surface area contributed by atoms with E-state index in [0.717, 1.165) is 33.1 Å². The van der Waals surface area contributed by atoms with Crippen molar-refractivity contribution in [2.24, 2.45) is 7.05 Å². The molecule has 0 radical (unpaired) electrons. The van der Waals surface area contributed by atoms with Gasteiger partial charge in [0.25, 0.3) is 0 Å². The summed E-state index contributed by atoms with van der Waals surface area (Å²) < 4.78 is 7.72. The van der Waals surface area contributed by atoms with Crippen molar-refractivity contribution >= 4 is 33.1 Å². The van der Waals surface area contributed by atoms with Gasteiger partial charge in [0.1, 0.15) is 11.1 Å². The first kappa shape index (κ1) is 12.2. The van der Waals surface area contributed by atoms with E-state index < -0.39 is 0 Å². The number of benzene rings is 1. The molecule has 4 aromatic heterocycles. The monoisotopic (exact) mass is 305 g/mol. The van der Waals surface area contributed by atoms with Gasteiger partial charge in [-0.3, -0.25) is 14.6 Å². The molecule has 0 atom stereocenters. The highest BCUT2D eigenvalue weighted by atomic mass is 16.3. The molecule has 0 fully saturated rings. The molecule has 0 saturated heterocycles. The zero-order valence-electron chi connectivity index (χ0n) is 12.1. The molecule has 112 valence electrons. The van der Waals surface area contributed by atoms with E-state index in [1.54, 1.807) is 16.9 Å². The van der Waals surface area contributed by atoms with E-state index in [4.69, 9.17) is 4.42 Å². The lowest BCUT2D eigenvalue weighted by Crippen LogP contribution is -1.92. The fourth-order valence-electron chi connectivity index (χ4n) is 3.01. The van der Waals surface area contributed by atoms with Gasteiger partial charge in [-0.2, -0.15) is 5.10 Å². The van der Waals surface area contributed by atoms with Crippen LogP contribution in [0.2, 0.25) is 0 Å². The van der Waals surface area contributed by atoms with E-state index in [-0.39, 0.29) is 5.43 Å². The molecule has 0 bridgehead atoms. The fraction of sp³-hybridized carbons (Fsp3) is 0.0625. The standard InChI is InChI=1S/C16H11N5O2/c1-21-7-8(5-18-21)13-11-6-17-20-16(11)19-14-10-3-2-9(22)4-12(10)23-15(13)14/h2-7H,1H3,(H2,17,19,20). The first-order valence-electron chi connectivity index (χ1n) is 7.12. The number of hydrogen-bond acceptors (Lipinski definition) is 4. The normalized spacial score (nSPS) is 11.9. The maximum absolute atomic E-state index is 11.6. The van der Waals surface area contributed by atoms with Crippen molar-refractivity contribution in [2.45, 2.75) is 0 Å². The Kier molecular flexibility index (Phi) is 2.18. The van der Waals surface area contributed by atoms with Crippen LogP contribution in [0.25, 0.3) is 44.2 Å². The van der Waals surface area contributed by atoms with Crippen molar-refractivity contribution in [1.82, 2.24) is 25.0 Å². The zero-order chi connectivity index (χ0) is 15.6. The topological polar surface area (TPSA) is 92.5 Å². The van der Waals surface area contributed by atoms with E-state index in [2.05, 4.69) is 20.3 Å². The maximum Gasteiger partial charge on any atom is 0.182 e. The molecule has 1 aromatic carbocycles. The number of H-pyrrole nitrogens is 2. The van der Waals surface area contributed by atoms with Gasteiger partial charge in [0.2, 0.25) is 0 Å². The van der Waals surface area contributed by atoms with Gasteiger partial charge < -0.3 is 9.52 Å². The van der Waals surface area contributed by atoms with E-state index in [0.29, 0.717) is 11.2 Å². The summed E-state index contributed by atoms with van der Waals surface area (Å²) in [6, 6.07) is 4.76. The van der Waals surface area contributed by atoms with Gasteiger partial charge in [-0.25, -0.2) is 4.98 Å². The van der Waals surface area contributed by atoms with Crippen LogP contribution in [-0.2, 0) is 7.05 Å². The predicted molar refractivity (Wildman–Crippen MR) is 86.2 cm³/mol. The Morgan fingerprint density at radius 3 is 3.00 bits per heavy atom. The Balaban J connectivity index is 2.04. The number of aromatic amines is 2. The minimum Gasteiger partial charge on any atom is -0.454 e. The SMILES string of the molecule is Cn1cc(-c2c3c[nH][nH]c3nc3c2oc2cc(=O)ccc23)cn1. The van der Waals surface area contributed by atoms with Crippen LogP contribution < -0.4 is 5.43 Å². The number of nitrogens with zero attached hydrogens (tertiary/aromatic N) is 3. The molecule has 7 heteroatoms. The molecule has 0 aliphatic heterocycles. The average molecular weight is 305 g/mol. The van der Waals surface area contributed by atoms with E-state index >= 15 is 0 Å². The molecule has 0 amide bonds. The lowest BCUT2D eigenvalue weighted by Gasteiger charge is -2.01. The summed E-state index contributed by atoms with van der Waals surface area (Å²) in [4.78, 5) is 16.2. The number of aryl methyl sites for hydroxylation is 1. The molecular formula is C16H11N5O2. The third kappa shape index (κ3) is 1.61. The van der Waals surface area contributed by atoms with Gasteiger partial charge in [-0.15, -0.1) is 0 Å². The summed E-state index contributed by atoms with van der Waals surface area (Å²) in [6.45, 7) is 0. The van der Waals surface area contributed by atoms with Gasteiger partial charge >= 0.3 is 0 Å². The minimum absolute atomic E-state index is 0.0848. The van der Waals surface area contributed by atoms with E-state index in [1.807, 2.05) is 19.4 Å². The summed E-state index contributed by atoms with van der Waals surface area (Å²) >= 11 is 0. The second kappa shape index (κ2) is 4.10. The summed E-state index contributed by atoms with van der Waals surface area (Å²) in [7, 11) is 1.87. The fourth-order valence-corrected chi connectivity index (χ4v) is 3.01. The predicted octanol–water partition coefficient (Wildman–Crippen LogP) is 2.55. The Hall–Kier alpha value is -3.35. The smallest absolute Gasteiger partial charge is 0.182 e. The van der Waals surface area contributed by atoms with Crippen LogP contribution in [0.3, 0.4) is 0 Å².